The molecule has 9 aliphatic carbocycles. The number of allylic oxidation sites excluding steroid dienone is 16. The van der Waals surface area contributed by atoms with Gasteiger partial charge in [-0.15, -0.1) is 0 Å². The molecule has 0 radical (unpaired) electrons. The van der Waals surface area contributed by atoms with Gasteiger partial charge in [0.05, 0.1) is 39.3 Å². The van der Waals surface area contributed by atoms with E-state index >= 15 is 9.59 Å². The first-order valence-corrected chi connectivity index (χ1v) is 25.2. The number of fused-ring (bicyclic) bond motifs is 12. The molecule has 0 amide bonds. The smallest absolute Gasteiger partial charge is 0.225 e. The highest BCUT2D eigenvalue weighted by atomic mass is 16.2. The summed E-state index contributed by atoms with van der Waals surface area (Å²) in [5, 5.41) is 72.8. The predicted octanol–water partition coefficient (Wildman–Crippen LogP) is 13.3. The van der Waals surface area contributed by atoms with Gasteiger partial charge in [0.25, 0.3) is 0 Å². The first-order chi connectivity index (χ1) is 36.3. The molecular weight excluding hydrogens is 909 g/mol. The zero-order valence-electron chi connectivity index (χ0n) is 39.7. The van der Waals surface area contributed by atoms with Crippen molar-refractivity contribution in [2.45, 2.75) is 69.1 Å². The number of hydrogen-bond acceptors (Lipinski definition) is 8. The van der Waals surface area contributed by atoms with E-state index < -0.39 is 35.2 Å². The maximum atomic E-state index is 15.2. The SMILES string of the molecule is N#Cc1c2c(c(C#N)c3ccccc13)C1CC3=C4C=C1CC1=C2CC2C(=C1)CC1=C(CC5C(=C1)CC1=C(CC(C(=O)C3=O)C(=C1)C4)c1c5c(C#N)c3ccccc3c1C#N)c1c2c(C#N)c2ccccc2c1C#N. The Morgan fingerprint density at radius 1 is 0.338 bits per heavy atom. The summed E-state index contributed by atoms with van der Waals surface area (Å²) >= 11 is 0. The molecule has 15 rings (SSSR count). The highest BCUT2D eigenvalue weighted by molar-refractivity contribution is 6.45. The quantitative estimate of drug-likeness (QED) is 0.135. The van der Waals surface area contributed by atoms with Crippen LogP contribution in [0.15, 0.2) is 147 Å². The minimum Gasteiger partial charge on any atom is -0.290 e. The maximum Gasteiger partial charge on any atom is 0.225 e. The Hall–Kier alpha value is -9.70. The molecule has 0 spiro atoms. The highest BCUT2D eigenvalue weighted by Crippen LogP contribution is 2.62. The molecule has 0 N–H and O–H groups in total. The molecule has 8 heteroatoms. The van der Waals surface area contributed by atoms with E-state index in [1.54, 1.807) is 0 Å². The van der Waals surface area contributed by atoms with Crippen molar-refractivity contribution >= 4 is 60.6 Å². The summed E-state index contributed by atoms with van der Waals surface area (Å²) < 4.78 is 0. The summed E-state index contributed by atoms with van der Waals surface area (Å²) in [6.07, 6.45) is 11.7. The van der Waals surface area contributed by atoms with Gasteiger partial charge in [0.1, 0.15) is 36.4 Å². The van der Waals surface area contributed by atoms with Gasteiger partial charge in [0.15, 0.2) is 0 Å². The third-order valence-electron chi connectivity index (χ3n) is 18.2. The average Bonchev–Trinajstić information content (AvgIpc) is 3.77. The number of nitrogens with zero attached hydrogens (tertiary/aromatic N) is 6. The number of ketones is 2. The zero-order valence-corrected chi connectivity index (χ0v) is 39.7. The van der Waals surface area contributed by atoms with Crippen molar-refractivity contribution < 1.29 is 9.59 Å². The number of Topliss-reactive ketones (excluding diaryl/α,β-unsaturated/α-hetero) is 2. The Balaban J connectivity index is 1.12. The molecule has 0 aromatic heterocycles. The van der Waals surface area contributed by atoms with Crippen molar-refractivity contribution in [2.75, 3.05) is 0 Å². The van der Waals surface area contributed by atoms with Crippen LogP contribution in [-0.2, 0) is 9.59 Å². The van der Waals surface area contributed by atoms with E-state index in [-0.39, 0.29) is 12.8 Å². The number of carbonyl (C=O) groups is 2. The molecular formula is C66H36N6O2. The lowest BCUT2D eigenvalue weighted by Crippen LogP contribution is -2.28. The Kier molecular flexibility index (Phi) is 8.48. The minimum atomic E-state index is -0.816. The molecule has 0 fully saturated rings. The fourth-order valence-electron chi connectivity index (χ4n) is 15.2. The van der Waals surface area contributed by atoms with E-state index in [0.29, 0.717) is 138 Å². The summed E-state index contributed by atoms with van der Waals surface area (Å²) in [5.74, 6) is -3.27. The largest absolute Gasteiger partial charge is 0.290 e. The predicted molar refractivity (Wildman–Crippen MR) is 279 cm³/mol. The lowest BCUT2D eigenvalue weighted by molar-refractivity contribution is -0.136. The minimum absolute atomic E-state index is 0.174. The van der Waals surface area contributed by atoms with Crippen molar-refractivity contribution in [3.63, 3.8) is 0 Å². The van der Waals surface area contributed by atoms with E-state index in [1.165, 1.54) is 0 Å². The molecule has 342 valence electrons. The van der Waals surface area contributed by atoms with Gasteiger partial charge >= 0.3 is 0 Å². The van der Waals surface area contributed by atoms with Crippen molar-refractivity contribution in [1.29, 1.82) is 31.6 Å². The first kappa shape index (κ1) is 42.0. The van der Waals surface area contributed by atoms with Gasteiger partial charge in [-0.1, -0.05) is 119 Å². The molecule has 8 nitrogen and oxygen atoms in total. The van der Waals surface area contributed by atoms with E-state index in [9.17, 15) is 31.6 Å². The zero-order chi connectivity index (χ0) is 50.0. The molecule has 6 aromatic rings. The highest BCUT2D eigenvalue weighted by Gasteiger charge is 2.48. The van der Waals surface area contributed by atoms with Crippen LogP contribution in [0.1, 0.15) is 136 Å². The van der Waals surface area contributed by atoms with Crippen LogP contribution in [0.5, 0.6) is 0 Å². The van der Waals surface area contributed by atoms with Crippen LogP contribution in [0.25, 0.3) is 49.0 Å². The second-order valence-corrected chi connectivity index (χ2v) is 21.2. The summed E-state index contributed by atoms with van der Waals surface area (Å²) in [7, 11) is 0. The Bertz CT molecular complexity index is 4490. The fraction of sp³-hybridized carbons (Fsp3) is 0.182. The standard InChI is InChI=1S/C66H36N6O2/c67-25-53-39-7-1-2-8-40(39)54(26-68)60-46-22-48-34-15-32(46)13-31-14-33-16-35-18-37-20-38-19-36(17-34)50(64-58(30-72)44-12-6-4-10-42(44)56(28-70)62(48)64)24-52(38)66(74)65(73)51(37)23-49(35)63-57(29-71)43-11-5-3-9-41(43)55(27-69)61(63)47(33)21-45(31)59(53)60/h1-12,14-15,18-19,45,48-49,52H,13,16-17,20-24H2. The van der Waals surface area contributed by atoms with Crippen molar-refractivity contribution in [3.8, 4) is 36.4 Å². The van der Waals surface area contributed by atoms with Crippen LogP contribution in [0.4, 0.5) is 0 Å². The molecule has 0 heterocycles. The van der Waals surface area contributed by atoms with Gasteiger partial charge in [-0.2, -0.15) is 31.6 Å². The number of rotatable bonds is 0. The third-order valence-corrected chi connectivity index (χ3v) is 18.2. The molecule has 8 bridgehead atoms. The van der Waals surface area contributed by atoms with Crippen LogP contribution >= 0.6 is 0 Å². The maximum absolute atomic E-state index is 15.2. The van der Waals surface area contributed by atoms with Crippen molar-refractivity contribution in [3.05, 3.63) is 214 Å². The molecule has 6 aromatic carbocycles. The molecule has 9 aliphatic rings. The van der Waals surface area contributed by atoms with Crippen molar-refractivity contribution in [1.82, 2.24) is 0 Å². The topological polar surface area (TPSA) is 177 Å². The summed E-state index contributed by atoms with van der Waals surface area (Å²) in [6.45, 7) is 0. The lowest BCUT2D eigenvalue weighted by atomic mass is 9.70. The molecule has 0 saturated carbocycles. The number of benzene rings is 6. The third kappa shape index (κ3) is 5.24. The monoisotopic (exact) mass is 944 g/mol. The summed E-state index contributed by atoms with van der Waals surface area (Å²) in [5.41, 5.74) is 17.7. The van der Waals surface area contributed by atoms with Crippen LogP contribution in [0, 0.1) is 73.9 Å². The molecule has 4 unspecified atom stereocenters. The number of hydrogen-bond donors (Lipinski definition) is 0. The van der Waals surface area contributed by atoms with Gasteiger partial charge in [-0.3, -0.25) is 9.59 Å². The van der Waals surface area contributed by atoms with Gasteiger partial charge in [-0.05, 0) is 107 Å². The lowest BCUT2D eigenvalue weighted by Gasteiger charge is -2.32. The summed E-state index contributed by atoms with van der Waals surface area (Å²) in [6, 6.07) is 38.4. The van der Waals surface area contributed by atoms with E-state index in [4.69, 9.17) is 0 Å². The Labute approximate surface area is 425 Å². The Morgan fingerprint density at radius 2 is 0.595 bits per heavy atom. The van der Waals surface area contributed by atoms with Gasteiger partial charge in [-0.25, -0.2) is 0 Å². The normalized spacial score (nSPS) is 22.2. The average molecular weight is 945 g/mol. The number of nitriles is 6. The van der Waals surface area contributed by atoms with Gasteiger partial charge in [0, 0.05) is 72.3 Å². The van der Waals surface area contributed by atoms with E-state index in [1.807, 2.05) is 72.8 Å². The number of carbonyl (C=O) groups excluding carboxylic acids is 2. The van der Waals surface area contributed by atoms with E-state index in [0.717, 1.165) is 66.9 Å². The van der Waals surface area contributed by atoms with Crippen molar-refractivity contribution in [2.24, 2.45) is 5.92 Å². The molecule has 0 saturated heterocycles. The van der Waals surface area contributed by atoms with Gasteiger partial charge < -0.3 is 0 Å². The van der Waals surface area contributed by atoms with E-state index in [2.05, 4.69) is 60.7 Å². The van der Waals surface area contributed by atoms with Crippen LogP contribution in [0.3, 0.4) is 0 Å². The second-order valence-electron chi connectivity index (χ2n) is 21.2. The van der Waals surface area contributed by atoms with Crippen LogP contribution < -0.4 is 0 Å². The first-order valence-electron chi connectivity index (χ1n) is 25.2. The van der Waals surface area contributed by atoms with Crippen LogP contribution in [0.2, 0.25) is 0 Å². The molecule has 4 atom stereocenters. The molecule has 74 heavy (non-hydrogen) atoms. The van der Waals surface area contributed by atoms with Gasteiger partial charge in [0.2, 0.25) is 11.6 Å². The van der Waals surface area contributed by atoms with Crippen LogP contribution in [-0.4, -0.2) is 11.6 Å². The fourth-order valence-corrected chi connectivity index (χ4v) is 15.2. The summed E-state index contributed by atoms with van der Waals surface area (Å²) in [4.78, 5) is 30.4. The molecule has 0 aliphatic heterocycles. The Morgan fingerprint density at radius 3 is 0.905 bits per heavy atom. The second kappa shape index (κ2) is 14.9.